The van der Waals surface area contributed by atoms with Crippen molar-refractivity contribution in [3.05, 3.63) is 47.6 Å². The van der Waals surface area contributed by atoms with Crippen molar-refractivity contribution in [2.24, 2.45) is 0 Å². The molecule has 0 saturated carbocycles. The van der Waals surface area contributed by atoms with Crippen molar-refractivity contribution in [1.82, 2.24) is 74.7 Å². The largest absolute Gasteiger partial charge is 0.465 e. The van der Waals surface area contributed by atoms with E-state index in [9.17, 15) is 19.2 Å². The number of ether oxygens (including phenoxy) is 4. The van der Waals surface area contributed by atoms with Gasteiger partial charge in [-0.15, -0.1) is 20.4 Å². The van der Waals surface area contributed by atoms with E-state index < -0.39 is 0 Å². The van der Waals surface area contributed by atoms with E-state index in [1.165, 1.54) is 128 Å². The maximum atomic E-state index is 13.1. The van der Waals surface area contributed by atoms with E-state index in [4.69, 9.17) is 18.9 Å². The molecule has 0 aliphatic heterocycles. The summed E-state index contributed by atoms with van der Waals surface area (Å²) in [6.07, 6.45) is 41.2. The van der Waals surface area contributed by atoms with E-state index in [-0.39, 0.29) is 76.0 Å². The second-order valence-electron chi connectivity index (χ2n) is 24.5. The first-order valence-electron chi connectivity index (χ1n) is 35.4. The molecule has 0 spiro atoms. The van der Waals surface area contributed by atoms with Gasteiger partial charge in [-0.05, 0) is 71.8 Å². The highest BCUT2D eigenvalue weighted by Crippen LogP contribution is 2.12. The number of rotatable bonds is 60. The van der Waals surface area contributed by atoms with Crippen molar-refractivity contribution < 1.29 is 38.1 Å². The van der Waals surface area contributed by atoms with Gasteiger partial charge in [-0.3, -0.25) is 37.9 Å². The van der Waals surface area contributed by atoms with E-state index in [1.807, 2.05) is 43.5 Å². The fraction of sp³-hybridized carbons (Fsp3) is 0.821. The summed E-state index contributed by atoms with van der Waals surface area (Å²) in [6.45, 7) is 17.8. The van der Waals surface area contributed by atoms with Gasteiger partial charge in [0.2, 0.25) is 0 Å². The number of aromatic nitrogens is 12. The lowest BCUT2D eigenvalue weighted by Crippen LogP contribution is -2.34. The predicted molar refractivity (Wildman–Crippen MR) is 350 cm³/mol. The molecule has 23 nitrogen and oxygen atoms in total. The molecule has 4 heterocycles. The molecule has 0 amide bonds. The van der Waals surface area contributed by atoms with Gasteiger partial charge in [0.1, 0.15) is 0 Å². The third-order valence-electron chi connectivity index (χ3n) is 16.3. The van der Waals surface area contributed by atoms with Crippen molar-refractivity contribution in [2.45, 2.75) is 272 Å². The van der Waals surface area contributed by atoms with Gasteiger partial charge in [-0.1, -0.05) is 177 Å². The minimum Gasteiger partial charge on any atom is -0.465 e. The fourth-order valence-corrected chi connectivity index (χ4v) is 10.7. The minimum atomic E-state index is -0.298. The minimum absolute atomic E-state index is 0.186. The van der Waals surface area contributed by atoms with E-state index in [2.05, 4.69) is 90.7 Å². The molecule has 23 heteroatoms. The molecule has 0 aliphatic rings. The number of hydrogen-bond acceptors (Lipinski definition) is 19. The van der Waals surface area contributed by atoms with E-state index in [0.717, 1.165) is 101 Å². The Labute approximate surface area is 540 Å². The van der Waals surface area contributed by atoms with Crippen LogP contribution in [0.5, 0.6) is 0 Å². The Hall–Kier alpha value is -5.68. The summed E-state index contributed by atoms with van der Waals surface area (Å²) in [4.78, 5) is 58.9. The summed E-state index contributed by atoms with van der Waals surface area (Å²) in [5, 5.41) is 34.3. The summed E-state index contributed by atoms with van der Waals surface area (Å²) in [5.74, 6) is -1.19. The van der Waals surface area contributed by atoms with Crippen LogP contribution in [-0.4, -0.2) is 184 Å². The summed E-state index contributed by atoms with van der Waals surface area (Å²) >= 11 is 0. The van der Waals surface area contributed by atoms with Crippen LogP contribution < -0.4 is 0 Å². The lowest BCUT2D eigenvalue weighted by molar-refractivity contribution is -0.145. The molecule has 0 atom stereocenters. The molecule has 0 bridgehead atoms. The van der Waals surface area contributed by atoms with Crippen LogP contribution >= 0.6 is 0 Å². The van der Waals surface area contributed by atoms with Crippen molar-refractivity contribution in [3.8, 4) is 0 Å². The zero-order chi connectivity index (χ0) is 64.3. The SMILES string of the molecule is CCCCCCCCn1cc(CCOC(=O)CCN(CCCN(C)CCCN(CCC(=O)OCCc2cn(CCCCCCCC)nn2)CCC(=O)OCCc2cn(CCCCCCCC)nn2)CCC(=O)OCCc2cn(CCCCCCCC)nn2)nn1. The third kappa shape index (κ3) is 38.9. The van der Waals surface area contributed by atoms with Crippen LogP contribution in [0.2, 0.25) is 0 Å². The first kappa shape index (κ1) is 76.8. The summed E-state index contributed by atoms with van der Waals surface area (Å²) in [7, 11) is 2.08. The zero-order valence-electron chi connectivity index (χ0n) is 56.6. The Morgan fingerprint density at radius 2 is 0.556 bits per heavy atom. The predicted octanol–water partition coefficient (Wildman–Crippen LogP) is 10.8. The Morgan fingerprint density at radius 1 is 0.322 bits per heavy atom. The lowest BCUT2D eigenvalue weighted by Gasteiger charge is -2.25. The van der Waals surface area contributed by atoms with Gasteiger partial charge in [-0.25, -0.2) is 0 Å². The molecule has 0 radical (unpaired) electrons. The first-order chi connectivity index (χ1) is 44.0. The van der Waals surface area contributed by atoms with Crippen LogP contribution in [0.3, 0.4) is 0 Å². The van der Waals surface area contributed by atoms with Gasteiger partial charge in [-0.2, -0.15) is 0 Å². The molecule has 0 fully saturated rings. The van der Waals surface area contributed by atoms with Crippen LogP contribution in [0.15, 0.2) is 24.8 Å². The Kier molecular flexibility index (Phi) is 43.4. The van der Waals surface area contributed by atoms with E-state index in [0.29, 0.717) is 65.0 Å². The maximum absolute atomic E-state index is 13.1. The number of carbonyl (C=O) groups is 4. The van der Waals surface area contributed by atoms with Crippen LogP contribution in [0.1, 0.15) is 243 Å². The molecule has 0 N–H and O–H groups in total. The van der Waals surface area contributed by atoms with Crippen molar-refractivity contribution in [3.63, 3.8) is 0 Å². The molecule has 90 heavy (non-hydrogen) atoms. The average Bonchev–Trinajstić information content (AvgIpc) is 4.55. The summed E-state index contributed by atoms with van der Waals surface area (Å²) in [5.41, 5.74) is 3.20. The third-order valence-corrected chi connectivity index (χ3v) is 16.3. The highest BCUT2D eigenvalue weighted by molar-refractivity contribution is 5.71. The molecule has 4 rings (SSSR count). The van der Waals surface area contributed by atoms with E-state index in [1.54, 1.807) is 0 Å². The second kappa shape index (κ2) is 50.9. The van der Waals surface area contributed by atoms with Crippen LogP contribution in [-0.2, 0) is 90.0 Å². The molecule has 0 aliphatic carbocycles. The number of hydrogen-bond donors (Lipinski definition) is 0. The number of nitrogens with zero attached hydrogens (tertiary/aromatic N) is 15. The number of carbonyl (C=O) groups excluding carboxylic acids is 4. The van der Waals surface area contributed by atoms with Gasteiger partial charge in [0.05, 0.1) is 74.9 Å². The van der Waals surface area contributed by atoms with Crippen LogP contribution in [0, 0.1) is 0 Å². The Balaban J connectivity index is 1.24. The zero-order valence-corrected chi connectivity index (χ0v) is 56.6. The lowest BCUT2D eigenvalue weighted by atomic mass is 10.1. The van der Waals surface area contributed by atoms with Gasteiger partial charge in [0.15, 0.2) is 0 Å². The summed E-state index contributed by atoms with van der Waals surface area (Å²) in [6, 6.07) is 0. The molecule has 0 aromatic carbocycles. The average molecular weight is 1260 g/mol. The molecule has 0 unspecified atom stereocenters. The van der Waals surface area contributed by atoms with Gasteiger partial charge in [0.25, 0.3) is 0 Å². The topological polar surface area (TPSA) is 238 Å². The molecule has 0 saturated heterocycles. The molecule has 4 aromatic heterocycles. The Bertz CT molecular complexity index is 2110. The fourth-order valence-electron chi connectivity index (χ4n) is 10.7. The monoisotopic (exact) mass is 1260 g/mol. The van der Waals surface area contributed by atoms with E-state index >= 15 is 0 Å². The Morgan fingerprint density at radius 3 is 0.800 bits per heavy atom. The van der Waals surface area contributed by atoms with Gasteiger partial charge in [0, 0.05) is 103 Å². The molecule has 510 valence electrons. The summed E-state index contributed by atoms with van der Waals surface area (Å²) < 4.78 is 30.2. The highest BCUT2D eigenvalue weighted by atomic mass is 16.5. The smallest absolute Gasteiger partial charge is 0.307 e. The molecule has 4 aromatic rings. The highest BCUT2D eigenvalue weighted by Gasteiger charge is 2.17. The van der Waals surface area contributed by atoms with Crippen molar-refractivity contribution in [1.29, 1.82) is 0 Å². The van der Waals surface area contributed by atoms with Crippen LogP contribution in [0.25, 0.3) is 0 Å². The quantitative estimate of drug-likeness (QED) is 0.0227. The van der Waals surface area contributed by atoms with Gasteiger partial charge < -0.3 is 33.6 Å². The van der Waals surface area contributed by atoms with Crippen molar-refractivity contribution >= 4 is 23.9 Å². The standard InChI is InChI=1S/C67H119N15O8/c1-6-10-14-18-22-26-44-79-56-60(68-72-79)36-52-87-64(83)32-48-77(49-33-65(84)88-53-37-61-57-80(73-69-61)45-27-23-19-15-11-7-2)42-30-40-76(5)41-31-43-78(50-34-66(85)89-54-38-62-58-81(74-70-62)46-28-24-20-16-12-8-3)51-35-67(86)90-55-39-63-59-82(75-71-63)47-29-25-21-17-13-9-4/h56-59H,6-55H2,1-5H3. The van der Waals surface area contributed by atoms with Gasteiger partial charge >= 0.3 is 23.9 Å². The molecular weight excluding hydrogens is 1140 g/mol. The molecular formula is C67H119N15O8. The number of unbranched alkanes of at least 4 members (excludes halogenated alkanes) is 20. The second-order valence-corrected chi connectivity index (χ2v) is 24.5. The first-order valence-corrected chi connectivity index (χ1v) is 35.4. The maximum Gasteiger partial charge on any atom is 0.307 e. The number of esters is 4. The normalized spacial score (nSPS) is 11.6. The number of aryl methyl sites for hydroxylation is 4. The van der Waals surface area contributed by atoms with Crippen molar-refractivity contribution in [2.75, 3.05) is 85.8 Å². The van der Waals surface area contributed by atoms with Crippen LogP contribution in [0.4, 0.5) is 0 Å².